The molecule has 0 radical (unpaired) electrons. The summed E-state index contributed by atoms with van der Waals surface area (Å²) in [7, 11) is 3.37. The van der Waals surface area contributed by atoms with E-state index < -0.39 is 0 Å². The minimum Gasteiger partial charge on any atom is -0.481 e. The molecular formula is C15H27IN4O2. The fourth-order valence-electron chi connectivity index (χ4n) is 1.74. The number of aliphatic imine (C=N–C) groups is 1. The van der Waals surface area contributed by atoms with Gasteiger partial charge in [-0.15, -0.1) is 24.0 Å². The highest BCUT2D eigenvalue weighted by molar-refractivity contribution is 14.0. The molecule has 1 heterocycles. The Labute approximate surface area is 150 Å². The topological polar surface area (TPSA) is 67.8 Å². The van der Waals surface area contributed by atoms with Crippen molar-refractivity contribution in [1.82, 2.24) is 15.6 Å². The second-order valence-corrected chi connectivity index (χ2v) is 4.43. The summed E-state index contributed by atoms with van der Waals surface area (Å²) in [5.74, 6) is 1.39. The Kier molecular flexibility index (Phi) is 12.9. The third-order valence-electron chi connectivity index (χ3n) is 2.86. The highest BCUT2D eigenvalue weighted by Crippen LogP contribution is 2.05. The number of nitrogens with zero attached hydrogens (tertiary/aromatic N) is 2. The van der Waals surface area contributed by atoms with Crippen LogP contribution in [0, 0.1) is 0 Å². The van der Waals surface area contributed by atoms with Gasteiger partial charge in [0, 0.05) is 32.9 Å². The van der Waals surface area contributed by atoms with Gasteiger partial charge in [0.15, 0.2) is 5.96 Å². The number of ether oxygens (including phenoxy) is 2. The summed E-state index contributed by atoms with van der Waals surface area (Å²) in [5.41, 5.74) is 0.911. The Morgan fingerprint density at radius 3 is 2.77 bits per heavy atom. The van der Waals surface area contributed by atoms with E-state index in [0.717, 1.165) is 44.3 Å². The molecule has 0 amide bonds. The van der Waals surface area contributed by atoms with Gasteiger partial charge in [0.1, 0.15) is 0 Å². The molecule has 0 aliphatic rings. The van der Waals surface area contributed by atoms with Gasteiger partial charge in [-0.05, 0) is 25.8 Å². The number of unbranched alkanes of at least 4 members (excludes halogenated alkanes) is 1. The van der Waals surface area contributed by atoms with Gasteiger partial charge < -0.3 is 20.1 Å². The van der Waals surface area contributed by atoms with Gasteiger partial charge in [-0.25, -0.2) is 4.98 Å². The molecule has 0 atom stereocenters. The van der Waals surface area contributed by atoms with Gasteiger partial charge in [-0.1, -0.05) is 6.07 Å². The lowest BCUT2D eigenvalue weighted by molar-refractivity contribution is 0.143. The molecule has 0 spiro atoms. The van der Waals surface area contributed by atoms with E-state index in [1.54, 1.807) is 14.2 Å². The molecule has 7 heteroatoms. The Morgan fingerprint density at radius 1 is 1.27 bits per heavy atom. The molecular weight excluding hydrogens is 395 g/mol. The van der Waals surface area contributed by atoms with Crippen LogP contribution in [0.4, 0.5) is 0 Å². The largest absolute Gasteiger partial charge is 0.481 e. The molecule has 0 aromatic carbocycles. The number of hydrogen-bond acceptors (Lipinski definition) is 4. The lowest BCUT2D eigenvalue weighted by Gasteiger charge is -2.12. The Morgan fingerprint density at radius 2 is 2.09 bits per heavy atom. The number of hydrogen-bond donors (Lipinski definition) is 2. The standard InChI is InChI=1S/C15H26N4O2.HI/c1-4-21-11-6-5-10-17-15(16-2)18-12-13-8-7-9-14(19-13)20-3;/h7-9H,4-6,10-12H2,1-3H3,(H2,16,17,18);1H. The van der Waals surface area contributed by atoms with Crippen LogP contribution in [0.5, 0.6) is 5.88 Å². The van der Waals surface area contributed by atoms with Crippen LogP contribution in [0.2, 0.25) is 0 Å². The molecule has 0 fully saturated rings. The number of aromatic nitrogens is 1. The van der Waals surface area contributed by atoms with Gasteiger partial charge in [0.25, 0.3) is 0 Å². The highest BCUT2D eigenvalue weighted by Gasteiger charge is 2.00. The van der Waals surface area contributed by atoms with Crippen molar-refractivity contribution in [2.75, 3.05) is 33.9 Å². The van der Waals surface area contributed by atoms with Crippen molar-refractivity contribution in [3.63, 3.8) is 0 Å². The summed E-state index contributed by atoms with van der Waals surface area (Å²) in [6.07, 6.45) is 2.10. The molecule has 1 aromatic rings. The van der Waals surface area contributed by atoms with Crippen LogP contribution in [0.25, 0.3) is 0 Å². The van der Waals surface area contributed by atoms with E-state index in [2.05, 4.69) is 20.6 Å². The quantitative estimate of drug-likeness (QED) is 0.277. The van der Waals surface area contributed by atoms with Crippen molar-refractivity contribution in [3.05, 3.63) is 23.9 Å². The van der Waals surface area contributed by atoms with E-state index >= 15 is 0 Å². The number of halogens is 1. The number of rotatable bonds is 9. The molecule has 0 aliphatic heterocycles. The van der Waals surface area contributed by atoms with Crippen molar-refractivity contribution in [1.29, 1.82) is 0 Å². The van der Waals surface area contributed by atoms with Crippen LogP contribution in [-0.2, 0) is 11.3 Å². The molecule has 0 saturated heterocycles. The van der Waals surface area contributed by atoms with E-state index in [1.807, 2.05) is 25.1 Å². The van der Waals surface area contributed by atoms with Crippen molar-refractivity contribution < 1.29 is 9.47 Å². The molecule has 22 heavy (non-hydrogen) atoms. The minimum absolute atomic E-state index is 0. The second-order valence-electron chi connectivity index (χ2n) is 4.43. The van der Waals surface area contributed by atoms with Crippen molar-refractivity contribution in [2.45, 2.75) is 26.3 Å². The van der Waals surface area contributed by atoms with Gasteiger partial charge in [-0.3, -0.25) is 4.99 Å². The van der Waals surface area contributed by atoms with E-state index in [-0.39, 0.29) is 24.0 Å². The lowest BCUT2D eigenvalue weighted by atomic mass is 10.3. The molecule has 6 nitrogen and oxygen atoms in total. The molecule has 0 saturated carbocycles. The summed E-state index contributed by atoms with van der Waals surface area (Å²) < 4.78 is 10.4. The van der Waals surface area contributed by atoms with Crippen LogP contribution in [-0.4, -0.2) is 44.9 Å². The van der Waals surface area contributed by atoms with Crippen LogP contribution in [0.3, 0.4) is 0 Å². The Bertz CT molecular complexity index is 430. The predicted octanol–water partition coefficient (Wildman–Crippen LogP) is 2.19. The third-order valence-corrected chi connectivity index (χ3v) is 2.86. The lowest BCUT2D eigenvalue weighted by Crippen LogP contribution is -2.37. The maximum Gasteiger partial charge on any atom is 0.213 e. The number of nitrogens with one attached hydrogen (secondary N) is 2. The predicted molar refractivity (Wildman–Crippen MR) is 100 cm³/mol. The van der Waals surface area contributed by atoms with Crippen LogP contribution < -0.4 is 15.4 Å². The second kappa shape index (κ2) is 13.6. The summed E-state index contributed by atoms with van der Waals surface area (Å²) in [6, 6.07) is 5.70. The first-order chi connectivity index (χ1) is 10.3. The zero-order valence-corrected chi connectivity index (χ0v) is 15.9. The maximum atomic E-state index is 5.30. The van der Waals surface area contributed by atoms with Crippen molar-refractivity contribution in [2.24, 2.45) is 4.99 Å². The fraction of sp³-hybridized carbons (Fsp3) is 0.600. The molecule has 126 valence electrons. The summed E-state index contributed by atoms with van der Waals surface area (Å²) in [5, 5.41) is 6.50. The van der Waals surface area contributed by atoms with Crippen LogP contribution >= 0.6 is 24.0 Å². The first-order valence-electron chi connectivity index (χ1n) is 7.32. The summed E-state index contributed by atoms with van der Waals surface area (Å²) in [6.45, 7) is 5.09. The minimum atomic E-state index is 0. The van der Waals surface area contributed by atoms with E-state index in [9.17, 15) is 0 Å². The first kappa shape index (κ1) is 20.9. The van der Waals surface area contributed by atoms with E-state index in [0.29, 0.717) is 12.4 Å². The average Bonchev–Trinajstić information content (AvgIpc) is 2.53. The highest BCUT2D eigenvalue weighted by atomic mass is 127. The SMILES string of the molecule is CCOCCCCNC(=NC)NCc1cccc(OC)n1.I. The summed E-state index contributed by atoms with van der Waals surface area (Å²) in [4.78, 5) is 8.53. The van der Waals surface area contributed by atoms with E-state index in [1.165, 1.54) is 0 Å². The normalized spacial score (nSPS) is 10.8. The zero-order chi connectivity index (χ0) is 15.3. The smallest absolute Gasteiger partial charge is 0.213 e. The average molecular weight is 422 g/mol. The first-order valence-corrected chi connectivity index (χ1v) is 7.32. The molecule has 1 rings (SSSR count). The number of pyridine rings is 1. The Balaban J connectivity index is 0.00000441. The van der Waals surface area contributed by atoms with Crippen LogP contribution in [0.1, 0.15) is 25.5 Å². The third kappa shape index (κ3) is 9.04. The van der Waals surface area contributed by atoms with Crippen LogP contribution in [0.15, 0.2) is 23.2 Å². The molecule has 0 unspecified atom stereocenters. The molecule has 1 aromatic heterocycles. The Hall–Kier alpha value is -1.09. The maximum absolute atomic E-state index is 5.30. The summed E-state index contributed by atoms with van der Waals surface area (Å²) >= 11 is 0. The molecule has 0 bridgehead atoms. The van der Waals surface area contributed by atoms with Gasteiger partial charge in [-0.2, -0.15) is 0 Å². The van der Waals surface area contributed by atoms with Gasteiger partial charge in [0.05, 0.1) is 19.3 Å². The van der Waals surface area contributed by atoms with E-state index in [4.69, 9.17) is 9.47 Å². The van der Waals surface area contributed by atoms with Crippen molar-refractivity contribution >= 4 is 29.9 Å². The fourth-order valence-corrected chi connectivity index (χ4v) is 1.74. The van der Waals surface area contributed by atoms with Gasteiger partial charge in [0.2, 0.25) is 5.88 Å². The molecule has 2 N–H and O–H groups in total. The number of methoxy groups -OCH3 is 1. The molecule has 0 aliphatic carbocycles. The van der Waals surface area contributed by atoms with Crippen molar-refractivity contribution in [3.8, 4) is 5.88 Å². The zero-order valence-electron chi connectivity index (χ0n) is 13.6. The number of guanidine groups is 1. The monoisotopic (exact) mass is 422 g/mol. The van der Waals surface area contributed by atoms with Gasteiger partial charge >= 0.3 is 0 Å².